The molecule has 0 N–H and O–H groups in total. The maximum atomic E-state index is 12.0. The van der Waals surface area contributed by atoms with Crippen molar-refractivity contribution in [1.82, 2.24) is 4.90 Å². The average Bonchev–Trinajstić information content (AvgIpc) is 2.57. The summed E-state index contributed by atoms with van der Waals surface area (Å²) >= 11 is 0. The number of carbonyl (C=O) groups excluding carboxylic acids is 2. The van der Waals surface area contributed by atoms with E-state index in [1.54, 1.807) is 26.0 Å². The number of amides is 1. The maximum Gasteiger partial charge on any atom is 0.310 e. The Hall–Kier alpha value is -2.24. The highest BCUT2D eigenvalue weighted by molar-refractivity contribution is 5.77. The van der Waals surface area contributed by atoms with Gasteiger partial charge in [-0.25, -0.2) is 0 Å². The first-order valence-corrected chi connectivity index (χ1v) is 7.56. The summed E-state index contributed by atoms with van der Waals surface area (Å²) in [5.41, 5.74) is 0. The number of methoxy groups -OCH3 is 2. The van der Waals surface area contributed by atoms with Crippen molar-refractivity contribution in [2.45, 2.75) is 19.8 Å². The van der Waals surface area contributed by atoms with Crippen molar-refractivity contribution >= 4 is 11.9 Å². The number of nitrogens with zero attached hydrogens (tertiary/aromatic N) is 1. The third-order valence-corrected chi connectivity index (χ3v) is 3.44. The Morgan fingerprint density at radius 2 is 1.74 bits per heavy atom. The zero-order chi connectivity index (χ0) is 17.2. The molecular weight excluding hydrogens is 298 g/mol. The lowest BCUT2D eigenvalue weighted by Gasteiger charge is -2.20. The van der Waals surface area contributed by atoms with Crippen LogP contribution in [0.3, 0.4) is 0 Å². The third kappa shape index (κ3) is 6.59. The molecule has 0 aliphatic carbocycles. The minimum absolute atomic E-state index is 0.0147. The summed E-state index contributed by atoms with van der Waals surface area (Å²) < 4.78 is 15.3. The number of rotatable bonds is 9. The SMILES string of the molecule is COC(=O)C(C)CN(C)C(=O)CCCOc1ccc(OC)cc1. The van der Waals surface area contributed by atoms with Crippen molar-refractivity contribution in [2.75, 3.05) is 34.4 Å². The van der Waals surface area contributed by atoms with Crippen LogP contribution in [0, 0.1) is 5.92 Å². The molecule has 1 unspecified atom stereocenters. The summed E-state index contributed by atoms with van der Waals surface area (Å²) in [6.45, 7) is 2.55. The molecule has 6 nitrogen and oxygen atoms in total. The lowest BCUT2D eigenvalue weighted by atomic mass is 10.1. The minimum Gasteiger partial charge on any atom is -0.497 e. The fraction of sp³-hybridized carbons (Fsp3) is 0.529. The topological polar surface area (TPSA) is 65.1 Å². The first kappa shape index (κ1) is 18.8. The van der Waals surface area contributed by atoms with Crippen LogP contribution in [-0.4, -0.2) is 51.2 Å². The molecule has 0 saturated heterocycles. The van der Waals surface area contributed by atoms with Gasteiger partial charge < -0.3 is 19.1 Å². The molecule has 23 heavy (non-hydrogen) atoms. The Morgan fingerprint density at radius 3 is 2.30 bits per heavy atom. The van der Waals surface area contributed by atoms with Crippen LogP contribution in [0.15, 0.2) is 24.3 Å². The number of benzene rings is 1. The zero-order valence-corrected chi connectivity index (χ0v) is 14.2. The fourth-order valence-corrected chi connectivity index (χ4v) is 2.06. The molecule has 1 aromatic carbocycles. The van der Waals surface area contributed by atoms with E-state index in [0.717, 1.165) is 11.5 Å². The van der Waals surface area contributed by atoms with Crippen LogP contribution in [0.5, 0.6) is 11.5 Å². The van der Waals surface area contributed by atoms with Gasteiger partial charge in [0, 0.05) is 20.0 Å². The van der Waals surface area contributed by atoms with Crippen molar-refractivity contribution in [2.24, 2.45) is 5.92 Å². The van der Waals surface area contributed by atoms with E-state index in [0.29, 0.717) is 26.0 Å². The van der Waals surface area contributed by atoms with Gasteiger partial charge in [0.15, 0.2) is 0 Å². The molecule has 0 aliphatic heterocycles. The Labute approximate surface area is 137 Å². The van der Waals surface area contributed by atoms with Gasteiger partial charge in [0.25, 0.3) is 0 Å². The third-order valence-electron chi connectivity index (χ3n) is 3.44. The molecule has 1 atom stereocenters. The van der Waals surface area contributed by atoms with E-state index in [1.165, 1.54) is 7.11 Å². The highest BCUT2D eigenvalue weighted by Crippen LogP contribution is 2.17. The molecule has 0 aliphatic rings. The fourth-order valence-electron chi connectivity index (χ4n) is 2.06. The molecule has 0 aromatic heterocycles. The predicted molar refractivity (Wildman–Crippen MR) is 86.5 cm³/mol. The highest BCUT2D eigenvalue weighted by Gasteiger charge is 2.18. The normalized spacial score (nSPS) is 11.5. The molecule has 1 aromatic rings. The summed E-state index contributed by atoms with van der Waals surface area (Å²) in [7, 11) is 4.64. The number of hydrogen-bond donors (Lipinski definition) is 0. The van der Waals surface area contributed by atoms with Gasteiger partial charge in [-0.3, -0.25) is 9.59 Å². The minimum atomic E-state index is -0.329. The van der Waals surface area contributed by atoms with Gasteiger partial charge >= 0.3 is 5.97 Å². The van der Waals surface area contributed by atoms with Crippen molar-refractivity contribution in [3.05, 3.63) is 24.3 Å². The molecular formula is C17H25NO5. The standard InChI is InChI=1S/C17H25NO5/c1-13(17(20)22-4)12-18(2)16(19)6-5-11-23-15-9-7-14(21-3)8-10-15/h7-10,13H,5-6,11-12H2,1-4H3. The lowest BCUT2D eigenvalue weighted by Crippen LogP contribution is -2.34. The molecule has 1 amide bonds. The molecule has 0 radical (unpaired) electrons. The molecule has 0 saturated carbocycles. The van der Waals surface area contributed by atoms with Crippen LogP contribution in [0.25, 0.3) is 0 Å². The molecule has 128 valence electrons. The van der Waals surface area contributed by atoms with Crippen LogP contribution < -0.4 is 9.47 Å². The monoisotopic (exact) mass is 323 g/mol. The van der Waals surface area contributed by atoms with Gasteiger partial charge in [-0.05, 0) is 30.7 Å². The Kier molecular flexibility index (Phi) is 7.94. The van der Waals surface area contributed by atoms with Crippen LogP contribution in [0.1, 0.15) is 19.8 Å². The molecule has 0 fully saturated rings. The van der Waals surface area contributed by atoms with E-state index in [-0.39, 0.29) is 17.8 Å². The Morgan fingerprint density at radius 1 is 1.13 bits per heavy atom. The summed E-state index contributed by atoms with van der Waals surface area (Å²) in [5, 5.41) is 0. The number of hydrogen-bond acceptors (Lipinski definition) is 5. The number of ether oxygens (including phenoxy) is 3. The first-order valence-electron chi connectivity index (χ1n) is 7.56. The van der Waals surface area contributed by atoms with E-state index in [2.05, 4.69) is 4.74 Å². The Bertz CT molecular complexity index is 500. The van der Waals surface area contributed by atoms with E-state index in [9.17, 15) is 9.59 Å². The quantitative estimate of drug-likeness (QED) is 0.514. The number of carbonyl (C=O) groups is 2. The van der Waals surface area contributed by atoms with E-state index >= 15 is 0 Å². The van der Waals surface area contributed by atoms with E-state index in [1.807, 2.05) is 24.3 Å². The highest BCUT2D eigenvalue weighted by atomic mass is 16.5. The predicted octanol–water partition coefficient (Wildman–Crippen LogP) is 2.12. The molecule has 0 spiro atoms. The van der Waals surface area contributed by atoms with Crippen LogP contribution in [0.2, 0.25) is 0 Å². The van der Waals surface area contributed by atoms with Gasteiger partial charge in [-0.2, -0.15) is 0 Å². The number of esters is 1. The van der Waals surface area contributed by atoms with Gasteiger partial charge in [-0.1, -0.05) is 6.92 Å². The van der Waals surface area contributed by atoms with Gasteiger partial charge in [0.05, 0.1) is 26.7 Å². The van der Waals surface area contributed by atoms with Gasteiger partial charge in [-0.15, -0.1) is 0 Å². The largest absolute Gasteiger partial charge is 0.497 e. The van der Waals surface area contributed by atoms with Crippen LogP contribution in [0.4, 0.5) is 0 Å². The summed E-state index contributed by atoms with van der Waals surface area (Å²) in [6.07, 6.45) is 0.988. The maximum absolute atomic E-state index is 12.0. The van der Waals surface area contributed by atoms with Crippen LogP contribution >= 0.6 is 0 Å². The molecule has 0 heterocycles. The molecule has 6 heteroatoms. The summed E-state index contributed by atoms with van der Waals surface area (Å²) in [4.78, 5) is 24.9. The second kappa shape index (κ2) is 9.71. The van der Waals surface area contributed by atoms with Crippen molar-refractivity contribution in [1.29, 1.82) is 0 Å². The van der Waals surface area contributed by atoms with Crippen molar-refractivity contribution in [3.8, 4) is 11.5 Å². The smallest absolute Gasteiger partial charge is 0.310 e. The lowest BCUT2D eigenvalue weighted by molar-refractivity contribution is -0.146. The molecule has 1 rings (SSSR count). The van der Waals surface area contributed by atoms with Gasteiger partial charge in [0.2, 0.25) is 5.91 Å². The summed E-state index contributed by atoms with van der Waals surface area (Å²) in [5.74, 6) is 0.857. The second-order valence-corrected chi connectivity index (χ2v) is 5.33. The van der Waals surface area contributed by atoms with Crippen LogP contribution in [-0.2, 0) is 14.3 Å². The van der Waals surface area contributed by atoms with Crippen molar-refractivity contribution < 1.29 is 23.8 Å². The Balaban J connectivity index is 2.26. The zero-order valence-electron chi connectivity index (χ0n) is 14.2. The molecule has 0 bridgehead atoms. The summed E-state index contributed by atoms with van der Waals surface area (Å²) in [6, 6.07) is 7.29. The second-order valence-electron chi connectivity index (χ2n) is 5.33. The first-order chi connectivity index (χ1) is 11.0. The average molecular weight is 323 g/mol. The van der Waals surface area contributed by atoms with E-state index < -0.39 is 0 Å². The van der Waals surface area contributed by atoms with Gasteiger partial charge in [0.1, 0.15) is 11.5 Å². The van der Waals surface area contributed by atoms with E-state index in [4.69, 9.17) is 9.47 Å². The van der Waals surface area contributed by atoms with Crippen molar-refractivity contribution in [3.63, 3.8) is 0 Å².